The molecular formula is C10H10N2O2. The zero-order valence-corrected chi connectivity index (χ0v) is 7.71. The smallest absolute Gasteiger partial charge is 0.161 e. The molecule has 2 heterocycles. The average Bonchev–Trinajstić information content (AvgIpc) is 2.71. The number of aromatic nitrogens is 2. The molecule has 4 heteroatoms. The average molecular weight is 190 g/mol. The molecule has 1 unspecified atom stereocenters. The highest BCUT2D eigenvalue weighted by molar-refractivity contribution is 5.17. The van der Waals surface area contributed by atoms with Gasteiger partial charge in [-0.15, -0.1) is 0 Å². The highest BCUT2D eigenvalue weighted by Gasteiger charge is 2.13. The summed E-state index contributed by atoms with van der Waals surface area (Å²) in [4.78, 5) is 8.06. The first-order valence-electron chi connectivity index (χ1n) is 4.26. The molecule has 0 aliphatic carbocycles. The molecule has 1 N–H and O–H groups in total. The minimum Gasteiger partial charge on any atom is -0.472 e. The van der Waals surface area contributed by atoms with Crippen LogP contribution in [0.2, 0.25) is 0 Å². The molecule has 2 aromatic heterocycles. The number of aliphatic hydroxyl groups excluding tert-OH is 1. The largest absolute Gasteiger partial charge is 0.472 e. The summed E-state index contributed by atoms with van der Waals surface area (Å²) in [5.74, 6) is 0.386. The first kappa shape index (κ1) is 8.90. The molecule has 0 fully saturated rings. The molecule has 0 saturated carbocycles. The van der Waals surface area contributed by atoms with E-state index in [4.69, 9.17) is 4.42 Å². The van der Waals surface area contributed by atoms with Gasteiger partial charge in [0.2, 0.25) is 0 Å². The van der Waals surface area contributed by atoms with Crippen molar-refractivity contribution >= 4 is 0 Å². The summed E-state index contributed by atoms with van der Waals surface area (Å²) in [7, 11) is 0. The summed E-state index contributed by atoms with van der Waals surface area (Å²) in [6.45, 7) is 1.90. The lowest BCUT2D eigenvalue weighted by molar-refractivity contribution is 0.208. The van der Waals surface area contributed by atoms with E-state index < -0.39 is 6.10 Å². The van der Waals surface area contributed by atoms with Crippen LogP contribution >= 0.6 is 0 Å². The second kappa shape index (κ2) is 3.59. The fourth-order valence-electron chi connectivity index (χ4n) is 1.12. The highest BCUT2D eigenvalue weighted by atomic mass is 16.3. The van der Waals surface area contributed by atoms with Gasteiger partial charge in [0.05, 0.1) is 12.5 Å². The van der Waals surface area contributed by atoms with Gasteiger partial charge in [0, 0.05) is 18.0 Å². The maximum Gasteiger partial charge on any atom is 0.161 e. The molecule has 1 atom stereocenters. The van der Waals surface area contributed by atoms with Crippen molar-refractivity contribution in [2.24, 2.45) is 0 Å². The molecule has 0 radical (unpaired) electrons. The highest BCUT2D eigenvalue weighted by Crippen LogP contribution is 2.18. The lowest BCUT2D eigenvalue weighted by Crippen LogP contribution is -2.03. The van der Waals surface area contributed by atoms with Crippen molar-refractivity contribution in [3.63, 3.8) is 0 Å². The third kappa shape index (κ3) is 1.65. The summed E-state index contributed by atoms with van der Waals surface area (Å²) in [5, 5.41) is 9.79. The zero-order valence-electron chi connectivity index (χ0n) is 7.71. The van der Waals surface area contributed by atoms with Crippen molar-refractivity contribution in [1.82, 2.24) is 9.97 Å². The Morgan fingerprint density at radius 3 is 2.64 bits per heavy atom. The zero-order chi connectivity index (χ0) is 9.97. The molecule has 2 aromatic rings. The Balaban J connectivity index is 2.28. The van der Waals surface area contributed by atoms with Crippen LogP contribution in [0.25, 0.3) is 0 Å². The minimum absolute atomic E-state index is 0.386. The van der Waals surface area contributed by atoms with Gasteiger partial charge in [-0.2, -0.15) is 0 Å². The molecule has 0 bridgehead atoms. The van der Waals surface area contributed by atoms with E-state index in [1.807, 2.05) is 6.92 Å². The summed E-state index contributed by atoms with van der Waals surface area (Å²) >= 11 is 0. The van der Waals surface area contributed by atoms with Gasteiger partial charge >= 0.3 is 0 Å². The van der Waals surface area contributed by atoms with E-state index >= 15 is 0 Å². The molecule has 0 aliphatic heterocycles. The van der Waals surface area contributed by atoms with Gasteiger partial charge in [0.15, 0.2) is 5.82 Å². The number of aliphatic hydroxyl groups is 1. The van der Waals surface area contributed by atoms with E-state index in [1.54, 1.807) is 18.5 Å². The predicted octanol–water partition coefficient (Wildman–Crippen LogP) is 1.46. The molecular weight excluding hydrogens is 180 g/mol. The quantitative estimate of drug-likeness (QED) is 0.778. The molecule has 0 aliphatic rings. The molecule has 14 heavy (non-hydrogen) atoms. The maximum absolute atomic E-state index is 9.79. The second-order valence-electron chi connectivity index (χ2n) is 3.08. The monoisotopic (exact) mass is 190 g/mol. The van der Waals surface area contributed by atoms with Gasteiger partial charge < -0.3 is 9.52 Å². The maximum atomic E-state index is 9.79. The standard InChI is InChI=1S/C10H10N2O2/c1-7-4-11-10(12-5-7)9(13)8-2-3-14-6-8/h2-6,9,13H,1H3. The van der Waals surface area contributed by atoms with Crippen molar-refractivity contribution in [2.45, 2.75) is 13.0 Å². The molecule has 0 spiro atoms. The molecule has 0 amide bonds. The van der Waals surface area contributed by atoms with Gasteiger partial charge in [-0.1, -0.05) is 0 Å². The van der Waals surface area contributed by atoms with Crippen molar-refractivity contribution in [3.8, 4) is 0 Å². The Bertz CT molecular complexity index is 395. The Morgan fingerprint density at radius 2 is 2.07 bits per heavy atom. The van der Waals surface area contributed by atoms with Crippen molar-refractivity contribution in [3.05, 3.63) is 47.9 Å². The van der Waals surface area contributed by atoms with E-state index in [9.17, 15) is 5.11 Å². The van der Waals surface area contributed by atoms with E-state index in [2.05, 4.69) is 9.97 Å². The lowest BCUT2D eigenvalue weighted by Gasteiger charge is -2.05. The van der Waals surface area contributed by atoms with E-state index in [0.29, 0.717) is 11.4 Å². The van der Waals surface area contributed by atoms with E-state index in [1.165, 1.54) is 12.5 Å². The molecule has 72 valence electrons. The van der Waals surface area contributed by atoms with Crippen LogP contribution in [0.1, 0.15) is 23.1 Å². The Morgan fingerprint density at radius 1 is 1.36 bits per heavy atom. The van der Waals surface area contributed by atoms with Gasteiger partial charge in [-0.3, -0.25) is 0 Å². The summed E-state index contributed by atoms with van der Waals surface area (Å²) < 4.78 is 4.87. The molecule has 0 saturated heterocycles. The predicted molar refractivity (Wildman–Crippen MR) is 49.5 cm³/mol. The number of hydrogen-bond donors (Lipinski definition) is 1. The SMILES string of the molecule is Cc1cnc(C(O)c2ccoc2)nc1. The van der Waals surface area contributed by atoms with Gasteiger partial charge in [-0.25, -0.2) is 9.97 Å². The first-order chi connectivity index (χ1) is 6.77. The molecule has 0 aromatic carbocycles. The van der Waals surface area contributed by atoms with Crippen LogP contribution in [0.5, 0.6) is 0 Å². The summed E-state index contributed by atoms with van der Waals surface area (Å²) in [6, 6.07) is 1.69. The lowest BCUT2D eigenvalue weighted by atomic mass is 10.2. The summed E-state index contributed by atoms with van der Waals surface area (Å²) in [5.41, 5.74) is 1.63. The van der Waals surface area contributed by atoms with Crippen LogP contribution in [-0.4, -0.2) is 15.1 Å². The van der Waals surface area contributed by atoms with Crippen LogP contribution < -0.4 is 0 Å². The number of nitrogens with zero attached hydrogens (tertiary/aromatic N) is 2. The Hall–Kier alpha value is -1.68. The first-order valence-corrected chi connectivity index (χ1v) is 4.26. The van der Waals surface area contributed by atoms with E-state index in [0.717, 1.165) is 5.56 Å². The Labute approximate surface area is 81.2 Å². The van der Waals surface area contributed by atoms with Crippen LogP contribution in [0.3, 0.4) is 0 Å². The summed E-state index contributed by atoms with van der Waals surface area (Å²) in [6.07, 6.45) is 5.52. The minimum atomic E-state index is -0.811. The number of aryl methyl sites for hydroxylation is 1. The second-order valence-corrected chi connectivity index (χ2v) is 3.08. The van der Waals surface area contributed by atoms with Crippen molar-refractivity contribution < 1.29 is 9.52 Å². The van der Waals surface area contributed by atoms with Crippen molar-refractivity contribution in [2.75, 3.05) is 0 Å². The molecule has 2 rings (SSSR count). The van der Waals surface area contributed by atoms with Crippen molar-refractivity contribution in [1.29, 1.82) is 0 Å². The van der Waals surface area contributed by atoms with Gasteiger partial charge in [-0.05, 0) is 18.6 Å². The van der Waals surface area contributed by atoms with Gasteiger partial charge in [0.25, 0.3) is 0 Å². The molecule has 4 nitrogen and oxygen atoms in total. The van der Waals surface area contributed by atoms with Crippen LogP contribution in [-0.2, 0) is 0 Å². The topological polar surface area (TPSA) is 59.2 Å². The third-order valence-corrected chi connectivity index (χ3v) is 1.90. The third-order valence-electron chi connectivity index (χ3n) is 1.90. The van der Waals surface area contributed by atoms with Gasteiger partial charge in [0.1, 0.15) is 6.10 Å². The fourth-order valence-corrected chi connectivity index (χ4v) is 1.12. The number of hydrogen-bond acceptors (Lipinski definition) is 4. The van der Waals surface area contributed by atoms with E-state index in [-0.39, 0.29) is 0 Å². The number of furan rings is 1. The van der Waals surface area contributed by atoms with Crippen LogP contribution in [0.4, 0.5) is 0 Å². The van der Waals surface area contributed by atoms with Crippen LogP contribution in [0.15, 0.2) is 35.4 Å². The van der Waals surface area contributed by atoms with Crippen LogP contribution in [0, 0.1) is 6.92 Å². The normalized spacial score (nSPS) is 12.7. The number of rotatable bonds is 2. The Kier molecular flexibility index (Phi) is 2.28. The fraction of sp³-hybridized carbons (Fsp3) is 0.200.